The van der Waals surface area contributed by atoms with Crippen LogP contribution in [0.25, 0.3) is 5.69 Å². The molecule has 0 saturated carbocycles. The van der Waals surface area contributed by atoms with Crippen LogP contribution in [-0.4, -0.2) is 77.6 Å². The highest BCUT2D eigenvalue weighted by molar-refractivity contribution is 5.74. The Hall–Kier alpha value is -2.38. The molecule has 2 aromatic rings. The Balaban J connectivity index is 1.21. The first kappa shape index (κ1) is 18.0. The second kappa shape index (κ2) is 8.54. The molecule has 7 nitrogen and oxygen atoms in total. The first-order valence-corrected chi connectivity index (χ1v) is 9.73. The Morgan fingerprint density at radius 1 is 1.19 bits per heavy atom. The maximum absolute atomic E-state index is 12.4. The van der Waals surface area contributed by atoms with Gasteiger partial charge in [-0.3, -0.25) is 4.90 Å². The lowest BCUT2D eigenvalue weighted by molar-refractivity contribution is 0.0191. The topological polar surface area (TPSA) is 62.6 Å². The lowest BCUT2D eigenvalue weighted by Gasteiger charge is -2.32. The Kier molecular flexibility index (Phi) is 5.69. The molecular weight excluding hydrogens is 342 g/mol. The van der Waals surface area contributed by atoms with Crippen LogP contribution in [0.2, 0.25) is 0 Å². The Morgan fingerprint density at radius 3 is 2.81 bits per heavy atom. The van der Waals surface area contributed by atoms with E-state index in [0.717, 1.165) is 63.5 Å². The van der Waals surface area contributed by atoms with Gasteiger partial charge < -0.3 is 15.0 Å². The van der Waals surface area contributed by atoms with Gasteiger partial charge in [0.15, 0.2) is 0 Å². The maximum atomic E-state index is 12.4. The number of urea groups is 1. The predicted octanol–water partition coefficient (Wildman–Crippen LogP) is 1.53. The van der Waals surface area contributed by atoms with Crippen LogP contribution >= 0.6 is 0 Å². The van der Waals surface area contributed by atoms with Crippen molar-refractivity contribution in [1.29, 1.82) is 0 Å². The average molecular weight is 369 g/mol. The molecule has 2 aliphatic rings. The van der Waals surface area contributed by atoms with Gasteiger partial charge in [-0.15, -0.1) is 0 Å². The largest absolute Gasteiger partial charge is 0.379 e. The van der Waals surface area contributed by atoms with Crippen LogP contribution in [0.5, 0.6) is 0 Å². The van der Waals surface area contributed by atoms with E-state index in [1.54, 1.807) is 0 Å². The van der Waals surface area contributed by atoms with Gasteiger partial charge in [0, 0.05) is 45.0 Å². The van der Waals surface area contributed by atoms with E-state index in [1.165, 1.54) is 0 Å². The van der Waals surface area contributed by atoms with Gasteiger partial charge in [-0.1, -0.05) is 18.2 Å². The standard InChI is InChI=1S/C20H27N5O2/c26-20(24-9-7-19(16-24)23-10-12-27-13-11-23)21-8-6-17-14-22-25(15-17)18-4-2-1-3-5-18/h1-5,14-15,19H,6-13,16H2,(H,21,26)/t19-/m0/s1. The van der Waals surface area contributed by atoms with Crippen molar-refractivity contribution in [3.63, 3.8) is 0 Å². The lowest BCUT2D eigenvalue weighted by Crippen LogP contribution is -2.46. The van der Waals surface area contributed by atoms with E-state index in [0.29, 0.717) is 12.6 Å². The van der Waals surface area contributed by atoms with Crippen LogP contribution in [0.3, 0.4) is 0 Å². The summed E-state index contributed by atoms with van der Waals surface area (Å²) >= 11 is 0. The van der Waals surface area contributed by atoms with Gasteiger partial charge in [-0.25, -0.2) is 9.48 Å². The van der Waals surface area contributed by atoms with Crippen LogP contribution in [0, 0.1) is 0 Å². The van der Waals surface area contributed by atoms with Gasteiger partial charge in [0.05, 0.1) is 25.1 Å². The first-order valence-electron chi connectivity index (χ1n) is 9.73. The third-order valence-electron chi connectivity index (χ3n) is 5.36. The quantitative estimate of drug-likeness (QED) is 0.868. The minimum absolute atomic E-state index is 0.0428. The first-order chi connectivity index (χ1) is 13.3. The van der Waals surface area contributed by atoms with Crippen LogP contribution in [0.4, 0.5) is 4.79 Å². The van der Waals surface area contributed by atoms with E-state index in [4.69, 9.17) is 4.74 Å². The van der Waals surface area contributed by atoms with Gasteiger partial charge in [0.2, 0.25) is 0 Å². The second-order valence-electron chi connectivity index (χ2n) is 7.15. The number of carbonyl (C=O) groups excluding carboxylic acids is 1. The van der Waals surface area contributed by atoms with Crippen LogP contribution in [-0.2, 0) is 11.2 Å². The van der Waals surface area contributed by atoms with E-state index in [-0.39, 0.29) is 6.03 Å². The molecule has 4 rings (SSSR count). The summed E-state index contributed by atoms with van der Waals surface area (Å²) in [6.45, 7) is 5.84. The number of benzene rings is 1. The van der Waals surface area contributed by atoms with E-state index in [2.05, 4.69) is 15.3 Å². The molecule has 27 heavy (non-hydrogen) atoms. The molecule has 2 aliphatic heterocycles. The number of nitrogens with zero attached hydrogens (tertiary/aromatic N) is 4. The summed E-state index contributed by atoms with van der Waals surface area (Å²) in [5.41, 5.74) is 2.16. The lowest BCUT2D eigenvalue weighted by atomic mass is 10.2. The highest BCUT2D eigenvalue weighted by Gasteiger charge is 2.30. The molecule has 0 bridgehead atoms. The minimum atomic E-state index is 0.0428. The van der Waals surface area contributed by atoms with Crippen LogP contribution < -0.4 is 5.32 Å². The molecule has 7 heteroatoms. The number of likely N-dealkylation sites (tertiary alicyclic amines) is 1. The van der Waals surface area contributed by atoms with E-state index >= 15 is 0 Å². The summed E-state index contributed by atoms with van der Waals surface area (Å²) in [5, 5.41) is 7.45. The molecule has 0 unspecified atom stereocenters. The molecular formula is C20H27N5O2. The number of aromatic nitrogens is 2. The van der Waals surface area contributed by atoms with Crippen LogP contribution in [0.15, 0.2) is 42.7 Å². The fourth-order valence-corrected chi connectivity index (χ4v) is 3.80. The van der Waals surface area contributed by atoms with Gasteiger partial charge in [-0.05, 0) is 30.5 Å². The number of hydrogen-bond donors (Lipinski definition) is 1. The molecule has 1 aromatic carbocycles. The van der Waals surface area contributed by atoms with Gasteiger partial charge in [0.1, 0.15) is 0 Å². The number of rotatable bonds is 5. The van der Waals surface area contributed by atoms with Crippen LogP contribution in [0.1, 0.15) is 12.0 Å². The summed E-state index contributed by atoms with van der Waals surface area (Å²) in [6.07, 6.45) is 5.71. The van der Waals surface area contributed by atoms with E-state index in [9.17, 15) is 4.79 Å². The number of amides is 2. The van der Waals surface area contributed by atoms with E-state index in [1.807, 2.05) is 52.3 Å². The number of nitrogens with one attached hydrogen (secondary N) is 1. The fourth-order valence-electron chi connectivity index (χ4n) is 3.80. The monoisotopic (exact) mass is 369 g/mol. The van der Waals surface area contributed by atoms with Gasteiger partial charge in [0.25, 0.3) is 0 Å². The zero-order valence-electron chi connectivity index (χ0n) is 15.6. The van der Waals surface area contributed by atoms with Gasteiger partial charge in [-0.2, -0.15) is 5.10 Å². The van der Waals surface area contributed by atoms with Crippen molar-refractivity contribution >= 4 is 6.03 Å². The number of ether oxygens (including phenoxy) is 1. The summed E-state index contributed by atoms with van der Waals surface area (Å²) in [5.74, 6) is 0. The summed E-state index contributed by atoms with van der Waals surface area (Å²) in [4.78, 5) is 16.8. The third-order valence-corrected chi connectivity index (χ3v) is 5.36. The molecule has 0 aliphatic carbocycles. The van der Waals surface area contributed by atoms with Crippen molar-refractivity contribution < 1.29 is 9.53 Å². The molecule has 1 N–H and O–H groups in total. The van der Waals surface area contributed by atoms with E-state index < -0.39 is 0 Å². The minimum Gasteiger partial charge on any atom is -0.379 e. The second-order valence-corrected chi connectivity index (χ2v) is 7.15. The molecule has 2 saturated heterocycles. The summed E-state index contributed by atoms with van der Waals surface area (Å²) in [7, 11) is 0. The van der Waals surface area contributed by atoms with Crippen molar-refractivity contribution in [2.24, 2.45) is 0 Å². The Labute approximate surface area is 159 Å². The number of morpholine rings is 1. The summed E-state index contributed by atoms with van der Waals surface area (Å²) in [6, 6.07) is 10.6. The van der Waals surface area contributed by atoms with Crippen molar-refractivity contribution in [3.05, 3.63) is 48.3 Å². The average Bonchev–Trinajstić information content (AvgIpc) is 3.39. The van der Waals surface area contributed by atoms with Crippen molar-refractivity contribution in [1.82, 2.24) is 24.9 Å². The number of para-hydroxylation sites is 1. The Bertz CT molecular complexity index is 742. The molecule has 1 atom stereocenters. The number of hydrogen-bond acceptors (Lipinski definition) is 4. The van der Waals surface area contributed by atoms with Crippen molar-refractivity contribution in [2.75, 3.05) is 45.9 Å². The van der Waals surface area contributed by atoms with Crippen molar-refractivity contribution in [2.45, 2.75) is 18.9 Å². The normalized spacial score (nSPS) is 20.7. The van der Waals surface area contributed by atoms with Crippen molar-refractivity contribution in [3.8, 4) is 5.69 Å². The molecule has 1 aromatic heterocycles. The highest BCUT2D eigenvalue weighted by atomic mass is 16.5. The molecule has 2 amide bonds. The molecule has 0 spiro atoms. The smallest absolute Gasteiger partial charge is 0.317 e. The van der Waals surface area contributed by atoms with Gasteiger partial charge >= 0.3 is 6.03 Å². The number of carbonyl (C=O) groups is 1. The predicted molar refractivity (Wildman–Crippen MR) is 103 cm³/mol. The zero-order valence-corrected chi connectivity index (χ0v) is 15.6. The molecule has 3 heterocycles. The molecule has 0 radical (unpaired) electrons. The molecule has 2 fully saturated rings. The SMILES string of the molecule is O=C(NCCc1cnn(-c2ccccc2)c1)N1CC[C@H](N2CCOCC2)C1. The Morgan fingerprint density at radius 2 is 2.00 bits per heavy atom. The summed E-state index contributed by atoms with van der Waals surface area (Å²) < 4.78 is 7.28. The highest BCUT2D eigenvalue weighted by Crippen LogP contribution is 2.17. The maximum Gasteiger partial charge on any atom is 0.317 e. The molecule has 144 valence electrons. The zero-order chi connectivity index (χ0) is 18.5. The third kappa shape index (κ3) is 4.48. The fraction of sp³-hybridized carbons (Fsp3) is 0.500.